The second kappa shape index (κ2) is 15.4. The Morgan fingerprint density at radius 2 is 1.38 bits per heavy atom. The lowest BCUT2D eigenvalue weighted by molar-refractivity contribution is -0.140. The first-order chi connectivity index (χ1) is 22.6. The van der Waals surface area contributed by atoms with Crippen molar-refractivity contribution in [1.29, 1.82) is 0 Å². The molecule has 0 unspecified atom stereocenters. The number of nitrogens with one attached hydrogen (secondary N) is 1. The van der Waals surface area contributed by atoms with Crippen LogP contribution in [-0.4, -0.2) is 43.8 Å². The highest BCUT2D eigenvalue weighted by Crippen LogP contribution is 2.26. The number of carbonyl (C=O) groups is 2. The van der Waals surface area contributed by atoms with Gasteiger partial charge in [0.25, 0.3) is 10.0 Å². The lowest BCUT2D eigenvalue weighted by Gasteiger charge is -2.35. The Kier molecular flexibility index (Phi) is 11.1. The number of carbonyl (C=O) groups excluding carboxylic acids is 2. The van der Waals surface area contributed by atoms with Crippen LogP contribution in [0.2, 0.25) is 0 Å². The van der Waals surface area contributed by atoms with Crippen molar-refractivity contribution in [2.24, 2.45) is 0 Å². The summed E-state index contributed by atoms with van der Waals surface area (Å²) in [4.78, 5) is 30.6. The highest BCUT2D eigenvalue weighted by atomic mass is 32.2. The predicted molar refractivity (Wildman–Crippen MR) is 188 cm³/mol. The van der Waals surface area contributed by atoms with E-state index in [1.54, 1.807) is 47.4 Å². The third-order valence-electron chi connectivity index (χ3n) is 8.87. The first-order valence-corrected chi connectivity index (χ1v) is 17.9. The number of nitrogens with zero attached hydrogens (tertiary/aromatic N) is 2. The quantitative estimate of drug-likeness (QED) is 0.181. The molecule has 1 aliphatic carbocycles. The summed E-state index contributed by atoms with van der Waals surface area (Å²) in [5, 5.41) is 3.26. The standard InChI is InChI=1S/C39H45N3O4S/c1-29-17-21-33(22-18-29)27-41(37(26-32-12-6-4-7-13-32)39(44)40-34-14-8-5-9-15-34)38(43)28-42(35-16-10-11-31(3)25-35)47(45,46)36-23-19-30(2)20-24-36/h4,6-7,10-13,16-25,34,37H,5,8-9,14-15,26-28H2,1-3H3,(H,40,44)/t37-/m0/s1. The number of anilines is 1. The van der Waals surface area contributed by atoms with Crippen LogP contribution in [0.4, 0.5) is 5.69 Å². The summed E-state index contributed by atoms with van der Waals surface area (Å²) in [5.74, 6) is -0.674. The molecule has 1 fully saturated rings. The largest absolute Gasteiger partial charge is 0.352 e. The number of amides is 2. The van der Waals surface area contributed by atoms with Gasteiger partial charge in [0.05, 0.1) is 10.6 Å². The minimum atomic E-state index is -4.14. The Hall–Kier alpha value is -4.43. The van der Waals surface area contributed by atoms with Crippen LogP contribution in [0, 0.1) is 20.8 Å². The fraction of sp³-hybridized carbons (Fsp3) is 0.333. The van der Waals surface area contributed by atoms with Gasteiger partial charge in [0.1, 0.15) is 12.6 Å². The maximum atomic E-state index is 14.7. The molecule has 8 heteroatoms. The Morgan fingerprint density at radius 3 is 2.02 bits per heavy atom. The molecule has 47 heavy (non-hydrogen) atoms. The normalized spacial score (nSPS) is 14.3. The van der Waals surface area contributed by atoms with E-state index in [-0.39, 0.29) is 23.4 Å². The molecule has 0 radical (unpaired) electrons. The van der Waals surface area contributed by atoms with Crippen LogP contribution in [0.15, 0.2) is 108 Å². The molecule has 0 saturated heterocycles. The van der Waals surface area contributed by atoms with Crippen molar-refractivity contribution < 1.29 is 18.0 Å². The molecule has 246 valence electrons. The monoisotopic (exact) mass is 651 g/mol. The van der Waals surface area contributed by atoms with Crippen molar-refractivity contribution in [1.82, 2.24) is 10.2 Å². The van der Waals surface area contributed by atoms with Gasteiger partial charge in [-0.15, -0.1) is 0 Å². The molecule has 1 aliphatic rings. The van der Waals surface area contributed by atoms with Gasteiger partial charge in [0.15, 0.2) is 0 Å². The van der Waals surface area contributed by atoms with E-state index in [0.717, 1.165) is 59.9 Å². The van der Waals surface area contributed by atoms with E-state index in [9.17, 15) is 18.0 Å². The molecule has 5 rings (SSSR count). The molecule has 1 N–H and O–H groups in total. The minimum Gasteiger partial charge on any atom is -0.352 e. The zero-order valence-electron chi connectivity index (χ0n) is 27.6. The van der Waals surface area contributed by atoms with E-state index in [2.05, 4.69) is 5.32 Å². The predicted octanol–water partition coefficient (Wildman–Crippen LogP) is 6.90. The van der Waals surface area contributed by atoms with Gasteiger partial charge in [0.2, 0.25) is 11.8 Å². The van der Waals surface area contributed by atoms with Crippen molar-refractivity contribution in [3.63, 3.8) is 0 Å². The second-order valence-electron chi connectivity index (χ2n) is 12.7. The molecule has 0 heterocycles. The van der Waals surface area contributed by atoms with Crippen molar-refractivity contribution in [2.45, 2.75) is 82.8 Å². The van der Waals surface area contributed by atoms with Gasteiger partial charge in [-0.2, -0.15) is 0 Å². The van der Waals surface area contributed by atoms with Gasteiger partial charge in [-0.05, 0) is 74.6 Å². The molecule has 1 saturated carbocycles. The zero-order chi connectivity index (χ0) is 33.4. The molecule has 0 aliphatic heterocycles. The molecule has 0 bridgehead atoms. The number of aryl methyl sites for hydroxylation is 3. The van der Waals surface area contributed by atoms with Crippen molar-refractivity contribution in [2.75, 3.05) is 10.8 Å². The molecular formula is C39H45N3O4S. The lowest BCUT2D eigenvalue weighted by Crippen LogP contribution is -2.55. The smallest absolute Gasteiger partial charge is 0.264 e. The summed E-state index contributed by atoms with van der Waals surface area (Å²) in [7, 11) is -4.14. The van der Waals surface area contributed by atoms with Gasteiger partial charge in [-0.3, -0.25) is 13.9 Å². The maximum absolute atomic E-state index is 14.7. The first-order valence-electron chi connectivity index (χ1n) is 16.5. The van der Waals surface area contributed by atoms with Crippen molar-refractivity contribution in [3.05, 3.63) is 131 Å². The number of sulfonamides is 1. The average molecular weight is 652 g/mol. The maximum Gasteiger partial charge on any atom is 0.264 e. The van der Waals surface area contributed by atoms with Crippen molar-refractivity contribution in [3.8, 4) is 0 Å². The van der Waals surface area contributed by atoms with Gasteiger partial charge in [-0.1, -0.05) is 109 Å². The van der Waals surface area contributed by atoms with E-state index in [0.29, 0.717) is 12.1 Å². The highest BCUT2D eigenvalue weighted by molar-refractivity contribution is 7.92. The second-order valence-corrected chi connectivity index (χ2v) is 14.6. The molecule has 7 nitrogen and oxygen atoms in total. The Balaban J connectivity index is 1.56. The molecular weight excluding hydrogens is 607 g/mol. The molecule has 4 aromatic carbocycles. The molecule has 2 amide bonds. The third kappa shape index (κ3) is 8.89. The molecule has 0 spiro atoms. The fourth-order valence-electron chi connectivity index (χ4n) is 6.14. The zero-order valence-corrected chi connectivity index (χ0v) is 28.4. The number of hydrogen-bond acceptors (Lipinski definition) is 4. The summed E-state index contributed by atoms with van der Waals surface area (Å²) in [5.41, 5.74) is 5.04. The Bertz CT molecular complexity index is 1750. The van der Waals surface area contributed by atoms with E-state index >= 15 is 0 Å². The van der Waals surface area contributed by atoms with E-state index in [4.69, 9.17) is 0 Å². The number of rotatable bonds is 12. The average Bonchev–Trinajstić information content (AvgIpc) is 3.07. The van der Waals surface area contributed by atoms with Gasteiger partial charge in [-0.25, -0.2) is 8.42 Å². The van der Waals surface area contributed by atoms with Crippen LogP contribution in [0.5, 0.6) is 0 Å². The van der Waals surface area contributed by atoms with E-state index in [1.807, 2.05) is 81.4 Å². The van der Waals surface area contributed by atoms with Crippen LogP contribution in [0.3, 0.4) is 0 Å². The van der Waals surface area contributed by atoms with Crippen LogP contribution in [0.1, 0.15) is 59.9 Å². The van der Waals surface area contributed by atoms with Gasteiger partial charge < -0.3 is 10.2 Å². The third-order valence-corrected chi connectivity index (χ3v) is 10.7. The van der Waals surface area contributed by atoms with E-state index in [1.165, 1.54) is 4.31 Å². The van der Waals surface area contributed by atoms with Crippen LogP contribution in [0.25, 0.3) is 0 Å². The molecule has 4 aromatic rings. The van der Waals surface area contributed by atoms with Crippen molar-refractivity contribution >= 4 is 27.5 Å². The minimum absolute atomic E-state index is 0.0524. The lowest BCUT2D eigenvalue weighted by atomic mass is 9.94. The summed E-state index contributed by atoms with van der Waals surface area (Å²) >= 11 is 0. The summed E-state index contributed by atoms with van der Waals surface area (Å²) < 4.78 is 29.7. The number of hydrogen-bond donors (Lipinski definition) is 1. The fourth-order valence-corrected chi connectivity index (χ4v) is 7.54. The highest BCUT2D eigenvalue weighted by Gasteiger charge is 2.35. The Morgan fingerprint density at radius 1 is 0.745 bits per heavy atom. The SMILES string of the molecule is Cc1ccc(CN(C(=O)CN(c2cccc(C)c2)S(=O)(=O)c2ccc(C)cc2)[C@@H](Cc2ccccc2)C(=O)NC2CCCCC2)cc1. The first kappa shape index (κ1) is 33.9. The van der Waals surface area contributed by atoms with Gasteiger partial charge >= 0.3 is 0 Å². The van der Waals surface area contributed by atoms with Crippen LogP contribution < -0.4 is 9.62 Å². The topological polar surface area (TPSA) is 86.8 Å². The number of benzene rings is 4. The summed E-state index contributed by atoms with van der Waals surface area (Å²) in [6, 6.07) is 30.5. The summed E-state index contributed by atoms with van der Waals surface area (Å²) in [6.07, 6.45) is 5.39. The summed E-state index contributed by atoms with van der Waals surface area (Å²) in [6.45, 7) is 5.47. The van der Waals surface area contributed by atoms with Crippen LogP contribution >= 0.6 is 0 Å². The van der Waals surface area contributed by atoms with E-state index < -0.39 is 28.5 Å². The molecule has 1 atom stereocenters. The molecule has 0 aromatic heterocycles. The van der Waals surface area contributed by atoms with Gasteiger partial charge in [0, 0.05) is 19.0 Å². The van der Waals surface area contributed by atoms with Crippen LogP contribution in [-0.2, 0) is 32.6 Å². The Labute approximate surface area is 279 Å².